The molecule has 2 aromatic carbocycles. The third kappa shape index (κ3) is 2.81. The van der Waals surface area contributed by atoms with Crippen molar-refractivity contribution in [1.82, 2.24) is 9.55 Å². The second-order valence-electron chi connectivity index (χ2n) is 5.21. The fourth-order valence-electron chi connectivity index (χ4n) is 2.54. The predicted molar refractivity (Wildman–Crippen MR) is 91.8 cm³/mol. The third-order valence-corrected chi connectivity index (χ3v) is 4.15. The Labute approximate surface area is 132 Å². The largest absolute Gasteiger partial charge is 0.369 e. The molecule has 0 aliphatic rings. The van der Waals surface area contributed by atoms with E-state index in [1.165, 1.54) is 18.4 Å². The lowest BCUT2D eigenvalue weighted by Crippen LogP contribution is -2.00. The minimum absolute atomic E-state index is 0.518. The number of nitrogen functional groups attached to an aromatic ring is 1. The zero-order chi connectivity index (χ0) is 14.8. The van der Waals surface area contributed by atoms with E-state index in [1.54, 1.807) is 0 Å². The Morgan fingerprint density at radius 3 is 2.62 bits per heavy atom. The second kappa shape index (κ2) is 5.90. The van der Waals surface area contributed by atoms with Crippen molar-refractivity contribution in [3.05, 3.63) is 52.5 Å². The maximum absolute atomic E-state index is 6.09. The van der Waals surface area contributed by atoms with Crippen LogP contribution < -0.4 is 5.73 Å². The van der Waals surface area contributed by atoms with E-state index in [2.05, 4.69) is 52.1 Å². The van der Waals surface area contributed by atoms with Crippen LogP contribution in [0.2, 0.25) is 0 Å². The first-order chi connectivity index (χ1) is 10.2. The van der Waals surface area contributed by atoms with Crippen molar-refractivity contribution in [3.8, 4) is 5.69 Å². The normalized spacial score (nSPS) is 11.1. The van der Waals surface area contributed by atoms with Gasteiger partial charge in [-0.1, -0.05) is 41.4 Å². The van der Waals surface area contributed by atoms with Crippen LogP contribution in [0.4, 0.5) is 5.95 Å². The van der Waals surface area contributed by atoms with Gasteiger partial charge in [-0.25, -0.2) is 4.98 Å². The lowest BCUT2D eigenvalue weighted by atomic mass is 10.1. The van der Waals surface area contributed by atoms with Crippen LogP contribution in [0.5, 0.6) is 0 Å². The summed E-state index contributed by atoms with van der Waals surface area (Å²) in [6.07, 6.45) is 3.57. The molecule has 108 valence electrons. The van der Waals surface area contributed by atoms with Gasteiger partial charge in [0.15, 0.2) is 0 Å². The summed E-state index contributed by atoms with van der Waals surface area (Å²) in [5.74, 6) is 0.518. The van der Waals surface area contributed by atoms with Crippen LogP contribution in [0.1, 0.15) is 25.3 Å². The van der Waals surface area contributed by atoms with Crippen LogP contribution in [0, 0.1) is 0 Å². The van der Waals surface area contributed by atoms with Crippen LogP contribution in [0.25, 0.3) is 16.7 Å². The van der Waals surface area contributed by atoms with Crippen molar-refractivity contribution in [2.24, 2.45) is 0 Å². The zero-order valence-electron chi connectivity index (χ0n) is 12.0. The van der Waals surface area contributed by atoms with E-state index in [0.29, 0.717) is 5.95 Å². The lowest BCUT2D eigenvalue weighted by molar-refractivity contribution is 0.795. The highest BCUT2D eigenvalue weighted by atomic mass is 79.9. The van der Waals surface area contributed by atoms with Gasteiger partial charge in [0.05, 0.1) is 11.0 Å². The van der Waals surface area contributed by atoms with E-state index in [9.17, 15) is 0 Å². The van der Waals surface area contributed by atoms with Crippen molar-refractivity contribution < 1.29 is 0 Å². The molecule has 1 aromatic heterocycles. The average molecular weight is 344 g/mol. The Morgan fingerprint density at radius 2 is 1.90 bits per heavy atom. The van der Waals surface area contributed by atoms with E-state index in [4.69, 9.17) is 5.73 Å². The van der Waals surface area contributed by atoms with Crippen molar-refractivity contribution in [2.45, 2.75) is 26.2 Å². The molecular weight excluding hydrogens is 326 g/mol. The monoisotopic (exact) mass is 343 g/mol. The zero-order valence-corrected chi connectivity index (χ0v) is 13.6. The number of fused-ring (bicyclic) bond motifs is 1. The predicted octanol–water partition coefficient (Wildman–Crippen LogP) is 4.71. The maximum atomic E-state index is 6.09. The van der Waals surface area contributed by atoms with Gasteiger partial charge in [-0.15, -0.1) is 0 Å². The molecular formula is C17H18BrN3. The average Bonchev–Trinajstić information content (AvgIpc) is 2.80. The number of aromatic nitrogens is 2. The number of aryl methyl sites for hydroxylation is 1. The van der Waals surface area contributed by atoms with Gasteiger partial charge in [0.25, 0.3) is 0 Å². The Morgan fingerprint density at radius 1 is 1.14 bits per heavy atom. The fraction of sp³-hybridized carbons (Fsp3) is 0.235. The summed E-state index contributed by atoms with van der Waals surface area (Å²) in [4.78, 5) is 4.43. The molecule has 0 saturated carbocycles. The first-order valence-corrected chi connectivity index (χ1v) is 8.01. The number of imidazole rings is 1. The topological polar surface area (TPSA) is 43.8 Å². The minimum atomic E-state index is 0.518. The van der Waals surface area contributed by atoms with E-state index < -0.39 is 0 Å². The van der Waals surface area contributed by atoms with Gasteiger partial charge in [0.1, 0.15) is 0 Å². The third-order valence-electron chi connectivity index (χ3n) is 3.66. The molecule has 1 heterocycles. The second-order valence-corrected chi connectivity index (χ2v) is 6.12. The molecule has 2 N–H and O–H groups in total. The number of halogens is 1. The Hall–Kier alpha value is -1.81. The highest BCUT2D eigenvalue weighted by molar-refractivity contribution is 9.10. The molecule has 0 amide bonds. The molecule has 3 rings (SSSR count). The van der Waals surface area contributed by atoms with Gasteiger partial charge in [-0.2, -0.15) is 0 Å². The van der Waals surface area contributed by atoms with Crippen LogP contribution in [-0.4, -0.2) is 9.55 Å². The number of benzene rings is 2. The standard InChI is InChI=1S/C17H18BrN3/c1-2-3-4-12-5-8-14(9-6-12)21-16-10-7-13(18)11-15(16)20-17(21)19/h5-11H,2-4H2,1H3,(H2,19,20). The summed E-state index contributed by atoms with van der Waals surface area (Å²) in [5.41, 5.74) is 10.4. The summed E-state index contributed by atoms with van der Waals surface area (Å²) in [7, 11) is 0. The number of anilines is 1. The molecule has 4 heteroatoms. The smallest absolute Gasteiger partial charge is 0.205 e. The van der Waals surface area contributed by atoms with Crippen molar-refractivity contribution in [3.63, 3.8) is 0 Å². The molecule has 0 radical (unpaired) electrons. The number of nitrogens with zero attached hydrogens (tertiary/aromatic N) is 2. The molecule has 0 bridgehead atoms. The highest BCUT2D eigenvalue weighted by Crippen LogP contribution is 2.25. The SMILES string of the molecule is CCCCc1ccc(-n2c(N)nc3cc(Br)ccc32)cc1. The van der Waals surface area contributed by atoms with Crippen molar-refractivity contribution >= 4 is 32.9 Å². The van der Waals surface area contributed by atoms with Crippen LogP contribution in [0.3, 0.4) is 0 Å². The van der Waals surface area contributed by atoms with Gasteiger partial charge in [0, 0.05) is 10.2 Å². The highest BCUT2D eigenvalue weighted by Gasteiger charge is 2.10. The lowest BCUT2D eigenvalue weighted by Gasteiger charge is -2.08. The van der Waals surface area contributed by atoms with Crippen LogP contribution >= 0.6 is 15.9 Å². The van der Waals surface area contributed by atoms with Gasteiger partial charge < -0.3 is 5.73 Å². The quantitative estimate of drug-likeness (QED) is 0.745. The van der Waals surface area contributed by atoms with Crippen molar-refractivity contribution in [1.29, 1.82) is 0 Å². The molecule has 0 spiro atoms. The van der Waals surface area contributed by atoms with Gasteiger partial charge >= 0.3 is 0 Å². The summed E-state index contributed by atoms with van der Waals surface area (Å²) < 4.78 is 3.00. The number of hydrogen-bond acceptors (Lipinski definition) is 2. The summed E-state index contributed by atoms with van der Waals surface area (Å²) in [5, 5.41) is 0. The molecule has 0 aliphatic carbocycles. The molecule has 0 unspecified atom stereocenters. The van der Waals surface area contributed by atoms with E-state index in [1.807, 2.05) is 22.8 Å². The minimum Gasteiger partial charge on any atom is -0.369 e. The van der Waals surface area contributed by atoms with E-state index in [0.717, 1.165) is 27.6 Å². The molecule has 0 fully saturated rings. The van der Waals surface area contributed by atoms with Crippen LogP contribution in [0.15, 0.2) is 46.9 Å². The molecule has 3 aromatic rings. The first-order valence-electron chi connectivity index (χ1n) is 7.22. The van der Waals surface area contributed by atoms with Gasteiger partial charge in [0.2, 0.25) is 5.95 Å². The maximum Gasteiger partial charge on any atom is 0.205 e. The number of nitrogens with two attached hydrogens (primary N) is 1. The summed E-state index contributed by atoms with van der Waals surface area (Å²) >= 11 is 3.47. The van der Waals surface area contributed by atoms with Gasteiger partial charge in [-0.3, -0.25) is 4.57 Å². The number of unbranched alkanes of at least 4 members (excludes halogenated alkanes) is 1. The Balaban J connectivity index is 2.01. The molecule has 3 nitrogen and oxygen atoms in total. The molecule has 21 heavy (non-hydrogen) atoms. The molecule has 0 atom stereocenters. The van der Waals surface area contributed by atoms with Gasteiger partial charge in [-0.05, 0) is 48.7 Å². The number of hydrogen-bond donors (Lipinski definition) is 1. The summed E-state index contributed by atoms with van der Waals surface area (Å²) in [6.45, 7) is 2.21. The van der Waals surface area contributed by atoms with Crippen LogP contribution in [-0.2, 0) is 6.42 Å². The number of rotatable bonds is 4. The Bertz CT molecular complexity index is 760. The molecule has 0 aliphatic heterocycles. The van der Waals surface area contributed by atoms with Crippen molar-refractivity contribution in [2.75, 3.05) is 5.73 Å². The van der Waals surface area contributed by atoms with E-state index in [-0.39, 0.29) is 0 Å². The van der Waals surface area contributed by atoms with E-state index >= 15 is 0 Å². The molecule has 0 saturated heterocycles. The summed E-state index contributed by atoms with van der Waals surface area (Å²) in [6, 6.07) is 14.6. The Kier molecular flexibility index (Phi) is 3.97. The first kappa shape index (κ1) is 14.1. The fourth-order valence-corrected chi connectivity index (χ4v) is 2.88.